The summed E-state index contributed by atoms with van der Waals surface area (Å²) in [5.41, 5.74) is 0.0276. The maximum Gasteiger partial charge on any atom is 0.345 e. The van der Waals surface area contributed by atoms with E-state index >= 15 is 0 Å². The summed E-state index contributed by atoms with van der Waals surface area (Å²) in [7, 11) is 0. The number of aryl methyl sites for hydroxylation is 2. The Labute approximate surface area is 199 Å². The number of aliphatic imine (C=N–C) groups is 1. The summed E-state index contributed by atoms with van der Waals surface area (Å²) in [6.45, 7) is 8.46. The van der Waals surface area contributed by atoms with Crippen LogP contribution < -0.4 is 15.9 Å². The molecule has 0 amide bonds. The topological polar surface area (TPSA) is 96.5 Å². The van der Waals surface area contributed by atoms with E-state index in [1.54, 1.807) is 17.1 Å². The average Bonchev–Trinajstić information content (AvgIpc) is 3.12. The van der Waals surface area contributed by atoms with Crippen molar-refractivity contribution in [3.63, 3.8) is 0 Å². The van der Waals surface area contributed by atoms with Crippen LogP contribution in [0.2, 0.25) is 0 Å². The number of piperazine rings is 1. The Hall–Kier alpha value is -2.18. The highest BCUT2D eigenvalue weighted by atomic mass is 127. The van der Waals surface area contributed by atoms with Gasteiger partial charge in [0.1, 0.15) is 5.82 Å². The first kappa shape index (κ1) is 23.5. The molecule has 0 aliphatic carbocycles. The summed E-state index contributed by atoms with van der Waals surface area (Å²) < 4.78 is 3.44. The fourth-order valence-electron chi connectivity index (χ4n) is 4.00. The maximum absolute atomic E-state index is 12.4. The monoisotopic (exact) mass is 541 g/mol. The van der Waals surface area contributed by atoms with Gasteiger partial charge in [0.15, 0.2) is 5.96 Å². The van der Waals surface area contributed by atoms with E-state index in [9.17, 15) is 4.79 Å². The molecule has 1 fully saturated rings. The van der Waals surface area contributed by atoms with Crippen LogP contribution in [0.5, 0.6) is 0 Å². The van der Waals surface area contributed by atoms with Crippen molar-refractivity contribution in [3.05, 3.63) is 34.8 Å². The number of nitrogens with zero attached hydrogens (tertiary/aromatic N) is 8. The SMILES string of the molecule is CCNC(=NCCCn1nc2n(c1=O)CCCC2)N1CCN(c2ncccn2)CC1.I. The first-order valence-electron chi connectivity index (χ1n) is 11.0. The van der Waals surface area contributed by atoms with Crippen molar-refractivity contribution in [3.8, 4) is 0 Å². The molecule has 0 saturated carbocycles. The van der Waals surface area contributed by atoms with E-state index in [1.165, 1.54) is 0 Å². The molecule has 0 aromatic carbocycles. The van der Waals surface area contributed by atoms with Crippen molar-refractivity contribution in [2.45, 2.75) is 45.7 Å². The number of fused-ring (bicyclic) bond motifs is 1. The van der Waals surface area contributed by atoms with Crippen molar-refractivity contribution in [1.29, 1.82) is 0 Å². The Morgan fingerprint density at radius 3 is 2.61 bits per heavy atom. The molecule has 0 atom stereocenters. The van der Waals surface area contributed by atoms with Gasteiger partial charge < -0.3 is 15.1 Å². The van der Waals surface area contributed by atoms with Crippen molar-refractivity contribution in [2.24, 2.45) is 4.99 Å². The lowest BCUT2D eigenvalue weighted by molar-refractivity contribution is 0.369. The molecule has 2 aromatic heterocycles. The minimum absolute atomic E-state index is 0. The van der Waals surface area contributed by atoms with Crippen LogP contribution in [0.3, 0.4) is 0 Å². The fourth-order valence-corrected chi connectivity index (χ4v) is 4.00. The standard InChI is InChI=1S/C20H31N9O.HI/c1-2-21-18(26-13-15-27(16-14-26)19-22-8-5-9-23-19)24-10-6-12-29-20(30)28-11-4-3-7-17(28)25-29;/h5,8-9H,2-4,6-7,10-16H2,1H3,(H,21,24);1H. The fraction of sp³-hybridized carbons (Fsp3) is 0.650. The van der Waals surface area contributed by atoms with Gasteiger partial charge in [0.25, 0.3) is 0 Å². The first-order valence-corrected chi connectivity index (χ1v) is 11.0. The van der Waals surface area contributed by atoms with Crippen LogP contribution in [0.4, 0.5) is 5.95 Å². The molecule has 170 valence electrons. The number of halogens is 1. The predicted octanol–water partition coefficient (Wildman–Crippen LogP) is 0.967. The Morgan fingerprint density at radius 1 is 1.13 bits per heavy atom. The lowest BCUT2D eigenvalue weighted by Crippen LogP contribution is -2.53. The van der Waals surface area contributed by atoms with Crippen molar-refractivity contribution in [1.82, 2.24) is 34.5 Å². The zero-order valence-electron chi connectivity index (χ0n) is 18.1. The molecule has 0 spiro atoms. The van der Waals surface area contributed by atoms with Crippen LogP contribution >= 0.6 is 24.0 Å². The van der Waals surface area contributed by atoms with E-state index in [-0.39, 0.29) is 29.7 Å². The molecular weight excluding hydrogens is 509 g/mol. The zero-order valence-corrected chi connectivity index (χ0v) is 20.4. The number of aromatic nitrogens is 5. The van der Waals surface area contributed by atoms with E-state index in [4.69, 9.17) is 4.99 Å². The molecule has 10 nitrogen and oxygen atoms in total. The van der Waals surface area contributed by atoms with Crippen LogP contribution in [-0.4, -0.2) is 74.4 Å². The van der Waals surface area contributed by atoms with E-state index in [2.05, 4.69) is 37.1 Å². The number of guanidine groups is 1. The molecule has 4 rings (SSSR count). The van der Waals surface area contributed by atoms with Crippen molar-refractivity contribution >= 4 is 35.9 Å². The van der Waals surface area contributed by atoms with E-state index in [0.29, 0.717) is 13.1 Å². The summed E-state index contributed by atoms with van der Waals surface area (Å²) in [6, 6.07) is 1.84. The normalized spacial score (nSPS) is 16.6. The Kier molecular flexibility index (Phi) is 8.67. The largest absolute Gasteiger partial charge is 0.357 e. The minimum atomic E-state index is 0. The van der Waals surface area contributed by atoms with E-state index < -0.39 is 0 Å². The number of rotatable bonds is 6. The maximum atomic E-state index is 12.4. The summed E-state index contributed by atoms with van der Waals surface area (Å²) in [6.07, 6.45) is 7.45. The quantitative estimate of drug-likeness (QED) is 0.252. The van der Waals surface area contributed by atoms with Gasteiger partial charge in [0.05, 0.1) is 0 Å². The van der Waals surface area contributed by atoms with E-state index in [1.807, 2.05) is 10.6 Å². The van der Waals surface area contributed by atoms with Crippen LogP contribution in [0.25, 0.3) is 0 Å². The van der Waals surface area contributed by atoms with Gasteiger partial charge in [-0.3, -0.25) is 9.56 Å². The summed E-state index contributed by atoms with van der Waals surface area (Å²) in [4.78, 5) is 30.4. The molecule has 2 aliphatic heterocycles. The highest BCUT2D eigenvalue weighted by molar-refractivity contribution is 14.0. The molecule has 2 aromatic rings. The summed E-state index contributed by atoms with van der Waals surface area (Å²) >= 11 is 0. The lowest BCUT2D eigenvalue weighted by Gasteiger charge is -2.36. The molecule has 1 N–H and O–H groups in total. The predicted molar refractivity (Wildman–Crippen MR) is 131 cm³/mol. The van der Waals surface area contributed by atoms with Gasteiger partial charge in [0, 0.05) is 71.2 Å². The molecule has 4 heterocycles. The molecular formula is C20H32IN9O. The smallest absolute Gasteiger partial charge is 0.345 e. The van der Waals surface area contributed by atoms with Crippen LogP contribution in [-0.2, 0) is 19.5 Å². The minimum Gasteiger partial charge on any atom is -0.357 e. The number of hydrogen-bond donors (Lipinski definition) is 1. The Bertz CT molecular complexity index is 903. The number of anilines is 1. The second-order valence-corrected chi connectivity index (χ2v) is 7.64. The highest BCUT2D eigenvalue weighted by Gasteiger charge is 2.21. The number of hydrogen-bond acceptors (Lipinski definition) is 6. The lowest BCUT2D eigenvalue weighted by atomic mass is 10.2. The third-order valence-electron chi connectivity index (χ3n) is 5.57. The van der Waals surface area contributed by atoms with Crippen molar-refractivity contribution < 1.29 is 0 Å². The highest BCUT2D eigenvalue weighted by Crippen LogP contribution is 2.11. The van der Waals surface area contributed by atoms with Gasteiger partial charge in [0.2, 0.25) is 5.95 Å². The molecule has 31 heavy (non-hydrogen) atoms. The van der Waals surface area contributed by atoms with Gasteiger partial charge in [-0.25, -0.2) is 19.4 Å². The second-order valence-electron chi connectivity index (χ2n) is 7.64. The second kappa shape index (κ2) is 11.4. The van der Waals surface area contributed by atoms with Crippen LogP contribution in [0, 0.1) is 0 Å². The van der Waals surface area contributed by atoms with Gasteiger partial charge in [-0.05, 0) is 32.3 Å². The molecule has 2 aliphatic rings. The Morgan fingerprint density at radius 2 is 1.90 bits per heavy atom. The molecule has 11 heteroatoms. The molecule has 0 bridgehead atoms. The van der Waals surface area contributed by atoms with Gasteiger partial charge >= 0.3 is 5.69 Å². The molecule has 0 unspecified atom stereocenters. The van der Waals surface area contributed by atoms with Gasteiger partial charge in [-0.2, -0.15) is 5.10 Å². The first-order chi connectivity index (χ1) is 14.8. The summed E-state index contributed by atoms with van der Waals surface area (Å²) in [5.74, 6) is 2.65. The van der Waals surface area contributed by atoms with Crippen molar-refractivity contribution in [2.75, 3.05) is 44.2 Å². The zero-order chi connectivity index (χ0) is 20.8. The van der Waals surface area contributed by atoms with Crippen LogP contribution in [0.1, 0.15) is 32.0 Å². The number of nitrogens with one attached hydrogen (secondary N) is 1. The third kappa shape index (κ3) is 5.74. The van der Waals surface area contributed by atoms with Crippen LogP contribution in [0.15, 0.2) is 28.2 Å². The average molecular weight is 541 g/mol. The molecule has 1 saturated heterocycles. The molecule has 0 radical (unpaired) electrons. The Balaban J connectivity index is 0.00000272. The van der Waals surface area contributed by atoms with Gasteiger partial charge in [-0.1, -0.05) is 0 Å². The third-order valence-corrected chi connectivity index (χ3v) is 5.57. The van der Waals surface area contributed by atoms with E-state index in [0.717, 1.165) is 82.7 Å². The summed E-state index contributed by atoms with van der Waals surface area (Å²) in [5, 5.41) is 7.90. The van der Waals surface area contributed by atoms with Gasteiger partial charge in [-0.15, -0.1) is 24.0 Å².